The second kappa shape index (κ2) is 5.80. The molecule has 0 atom stereocenters. The van der Waals surface area contributed by atoms with Crippen LogP contribution in [0, 0.1) is 13.8 Å². The Balaban J connectivity index is 2.08. The van der Waals surface area contributed by atoms with Crippen molar-refractivity contribution in [2.45, 2.75) is 20.4 Å². The van der Waals surface area contributed by atoms with Gasteiger partial charge in [-0.05, 0) is 31.5 Å². The minimum atomic E-state index is -0.248. The van der Waals surface area contributed by atoms with Gasteiger partial charge in [0.15, 0.2) is 0 Å². The van der Waals surface area contributed by atoms with E-state index in [9.17, 15) is 4.79 Å². The summed E-state index contributed by atoms with van der Waals surface area (Å²) in [6, 6.07) is 5.48. The van der Waals surface area contributed by atoms with Gasteiger partial charge in [-0.2, -0.15) is 0 Å². The van der Waals surface area contributed by atoms with Gasteiger partial charge in [0.2, 0.25) is 0 Å². The monoisotopic (exact) mass is 275 g/mol. The summed E-state index contributed by atoms with van der Waals surface area (Å²) in [5.74, 6) is -0.248. The van der Waals surface area contributed by atoms with Gasteiger partial charge in [-0.3, -0.25) is 14.8 Å². The zero-order valence-electron chi connectivity index (χ0n) is 10.8. The number of rotatable bonds is 3. The predicted molar refractivity (Wildman–Crippen MR) is 74.1 cm³/mol. The first-order valence-electron chi connectivity index (χ1n) is 5.89. The average Bonchev–Trinajstić information content (AvgIpc) is 2.37. The van der Waals surface area contributed by atoms with Crippen molar-refractivity contribution in [2.24, 2.45) is 0 Å². The molecule has 2 rings (SSSR count). The van der Waals surface area contributed by atoms with E-state index in [1.807, 2.05) is 26.0 Å². The van der Waals surface area contributed by atoms with Crippen LogP contribution in [-0.2, 0) is 6.54 Å². The molecule has 0 spiro atoms. The maximum absolute atomic E-state index is 12.0. The lowest BCUT2D eigenvalue weighted by Crippen LogP contribution is -2.24. The first-order valence-corrected chi connectivity index (χ1v) is 6.26. The zero-order chi connectivity index (χ0) is 13.8. The van der Waals surface area contributed by atoms with Crippen LogP contribution in [0.25, 0.3) is 0 Å². The highest BCUT2D eigenvalue weighted by Crippen LogP contribution is 2.15. The third-order valence-corrected chi connectivity index (χ3v) is 3.08. The maximum atomic E-state index is 12.0. The fourth-order valence-corrected chi connectivity index (χ4v) is 1.95. The minimum Gasteiger partial charge on any atom is -0.346 e. The number of pyridine rings is 2. The molecule has 0 saturated heterocycles. The van der Waals surface area contributed by atoms with Crippen molar-refractivity contribution < 1.29 is 4.79 Å². The molecule has 0 aromatic carbocycles. The third-order valence-electron chi connectivity index (χ3n) is 2.77. The summed E-state index contributed by atoms with van der Waals surface area (Å²) in [5.41, 5.74) is 3.03. The summed E-state index contributed by atoms with van der Waals surface area (Å²) in [5, 5.41) is 3.20. The van der Waals surface area contributed by atoms with Crippen molar-refractivity contribution in [1.82, 2.24) is 15.3 Å². The second-order valence-electron chi connectivity index (χ2n) is 4.26. The van der Waals surface area contributed by atoms with Gasteiger partial charge < -0.3 is 5.32 Å². The standard InChI is InChI=1S/C14H14ClN3O/c1-9-4-3-5-16-13(9)8-18-14(19)11-7-17-10(2)6-12(11)15/h3-7H,8H2,1-2H3,(H,18,19). The Morgan fingerprint density at radius 2 is 2.16 bits per heavy atom. The summed E-state index contributed by atoms with van der Waals surface area (Å²) < 4.78 is 0. The van der Waals surface area contributed by atoms with Crippen molar-refractivity contribution in [2.75, 3.05) is 0 Å². The fraction of sp³-hybridized carbons (Fsp3) is 0.214. The van der Waals surface area contributed by atoms with E-state index < -0.39 is 0 Å². The first-order chi connectivity index (χ1) is 9.08. The summed E-state index contributed by atoms with van der Waals surface area (Å²) in [7, 11) is 0. The fourth-order valence-electron chi connectivity index (χ4n) is 1.66. The van der Waals surface area contributed by atoms with Gasteiger partial charge in [-0.15, -0.1) is 0 Å². The number of nitrogens with zero attached hydrogens (tertiary/aromatic N) is 2. The lowest BCUT2D eigenvalue weighted by atomic mass is 10.2. The summed E-state index contributed by atoms with van der Waals surface area (Å²) in [4.78, 5) is 20.3. The van der Waals surface area contributed by atoms with Gasteiger partial charge in [-0.1, -0.05) is 17.7 Å². The van der Waals surface area contributed by atoms with Crippen molar-refractivity contribution in [1.29, 1.82) is 0 Å². The summed E-state index contributed by atoms with van der Waals surface area (Å²) in [6.45, 7) is 4.15. The van der Waals surface area contributed by atoms with Gasteiger partial charge in [0.1, 0.15) is 0 Å². The Morgan fingerprint density at radius 3 is 2.84 bits per heavy atom. The van der Waals surface area contributed by atoms with E-state index in [0.29, 0.717) is 17.1 Å². The van der Waals surface area contributed by atoms with Crippen molar-refractivity contribution in [3.05, 3.63) is 58.1 Å². The molecule has 5 heteroatoms. The molecule has 0 radical (unpaired) electrons. The molecule has 2 aromatic heterocycles. The number of aryl methyl sites for hydroxylation is 2. The van der Waals surface area contributed by atoms with Crippen molar-refractivity contribution in [3.8, 4) is 0 Å². The first kappa shape index (κ1) is 13.5. The quantitative estimate of drug-likeness (QED) is 0.937. The number of aromatic nitrogens is 2. The van der Waals surface area contributed by atoms with Crippen LogP contribution in [0.1, 0.15) is 27.3 Å². The van der Waals surface area contributed by atoms with Crippen LogP contribution in [0.5, 0.6) is 0 Å². The summed E-state index contributed by atoms with van der Waals surface area (Å²) >= 11 is 6.02. The molecule has 0 aliphatic heterocycles. The normalized spacial score (nSPS) is 10.3. The number of nitrogens with one attached hydrogen (secondary N) is 1. The lowest BCUT2D eigenvalue weighted by molar-refractivity contribution is 0.0950. The lowest BCUT2D eigenvalue weighted by Gasteiger charge is -2.08. The van der Waals surface area contributed by atoms with E-state index in [1.54, 1.807) is 12.3 Å². The number of halogens is 1. The average molecular weight is 276 g/mol. The van der Waals surface area contributed by atoms with Gasteiger partial charge in [0, 0.05) is 18.1 Å². The van der Waals surface area contributed by atoms with Crippen LogP contribution in [0.4, 0.5) is 0 Å². The Kier molecular flexibility index (Phi) is 4.12. The molecule has 1 N–H and O–H groups in total. The summed E-state index contributed by atoms with van der Waals surface area (Å²) in [6.07, 6.45) is 3.19. The van der Waals surface area contributed by atoms with Crippen LogP contribution in [0.15, 0.2) is 30.6 Å². The van der Waals surface area contributed by atoms with E-state index in [0.717, 1.165) is 17.0 Å². The Morgan fingerprint density at radius 1 is 1.37 bits per heavy atom. The molecule has 0 unspecified atom stereocenters. The predicted octanol–water partition coefficient (Wildman–Crippen LogP) is 2.68. The highest BCUT2D eigenvalue weighted by Gasteiger charge is 2.11. The number of hydrogen-bond donors (Lipinski definition) is 1. The van der Waals surface area contributed by atoms with E-state index >= 15 is 0 Å². The third kappa shape index (κ3) is 3.29. The molecule has 0 bridgehead atoms. The van der Waals surface area contributed by atoms with Gasteiger partial charge in [0.05, 0.1) is 22.8 Å². The molecule has 2 aromatic rings. The Bertz CT molecular complexity index is 613. The SMILES string of the molecule is Cc1cc(Cl)c(C(=O)NCc2ncccc2C)cn1. The number of hydrogen-bond acceptors (Lipinski definition) is 3. The molecule has 4 nitrogen and oxygen atoms in total. The van der Waals surface area contributed by atoms with Gasteiger partial charge in [-0.25, -0.2) is 0 Å². The van der Waals surface area contributed by atoms with Crippen molar-refractivity contribution in [3.63, 3.8) is 0 Å². The van der Waals surface area contributed by atoms with E-state index in [-0.39, 0.29) is 5.91 Å². The molecule has 0 saturated carbocycles. The molecule has 0 fully saturated rings. The molecular formula is C14H14ClN3O. The molecule has 1 amide bonds. The van der Waals surface area contributed by atoms with E-state index in [1.165, 1.54) is 6.20 Å². The molecule has 0 aliphatic carbocycles. The molecule has 98 valence electrons. The molecule has 0 aliphatic rings. The van der Waals surface area contributed by atoms with E-state index in [2.05, 4.69) is 15.3 Å². The number of carbonyl (C=O) groups is 1. The number of carbonyl (C=O) groups excluding carboxylic acids is 1. The molecular weight excluding hydrogens is 262 g/mol. The maximum Gasteiger partial charge on any atom is 0.254 e. The van der Waals surface area contributed by atoms with Gasteiger partial charge >= 0.3 is 0 Å². The van der Waals surface area contributed by atoms with Crippen LogP contribution in [0.2, 0.25) is 5.02 Å². The van der Waals surface area contributed by atoms with Crippen molar-refractivity contribution >= 4 is 17.5 Å². The Labute approximate surface area is 116 Å². The largest absolute Gasteiger partial charge is 0.346 e. The van der Waals surface area contributed by atoms with Crippen LogP contribution in [-0.4, -0.2) is 15.9 Å². The topological polar surface area (TPSA) is 54.9 Å². The van der Waals surface area contributed by atoms with Crippen LogP contribution in [0.3, 0.4) is 0 Å². The zero-order valence-corrected chi connectivity index (χ0v) is 11.5. The van der Waals surface area contributed by atoms with Crippen LogP contribution < -0.4 is 5.32 Å². The van der Waals surface area contributed by atoms with Gasteiger partial charge in [0.25, 0.3) is 5.91 Å². The smallest absolute Gasteiger partial charge is 0.254 e. The van der Waals surface area contributed by atoms with E-state index in [4.69, 9.17) is 11.6 Å². The second-order valence-corrected chi connectivity index (χ2v) is 4.66. The highest BCUT2D eigenvalue weighted by molar-refractivity contribution is 6.33. The molecule has 2 heterocycles. The Hall–Kier alpha value is -1.94. The minimum absolute atomic E-state index is 0.248. The molecule has 19 heavy (non-hydrogen) atoms. The number of amides is 1. The van der Waals surface area contributed by atoms with Crippen LogP contribution >= 0.6 is 11.6 Å². The highest BCUT2D eigenvalue weighted by atomic mass is 35.5.